The molecule has 0 aromatic heterocycles. The first-order valence-corrected chi connectivity index (χ1v) is 12.0. The van der Waals surface area contributed by atoms with Gasteiger partial charge in [0.2, 0.25) is 0 Å². The van der Waals surface area contributed by atoms with E-state index in [9.17, 15) is 10.2 Å². The highest BCUT2D eigenvalue weighted by Gasteiger charge is 2.36. The number of rotatable bonds is 10. The quantitative estimate of drug-likeness (QED) is 0.447. The zero-order chi connectivity index (χ0) is 24.8. The van der Waals surface area contributed by atoms with Crippen LogP contribution in [0.25, 0.3) is 0 Å². The van der Waals surface area contributed by atoms with E-state index in [1.807, 2.05) is 36.4 Å². The van der Waals surface area contributed by atoms with E-state index in [4.69, 9.17) is 14.2 Å². The predicted molar refractivity (Wildman–Crippen MR) is 137 cm³/mol. The third-order valence-corrected chi connectivity index (χ3v) is 7.19. The highest BCUT2D eigenvalue weighted by molar-refractivity contribution is 5.50. The number of hydrogen-bond donors (Lipinski definition) is 2. The second-order valence-corrected chi connectivity index (χ2v) is 9.09. The van der Waals surface area contributed by atoms with Crippen LogP contribution in [0.15, 0.2) is 60.7 Å². The Labute approximate surface area is 207 Å². The lowest BCUT2D eigenvalue weighted by Gasteiger charge is -2.35. The van der Waals surface area contributed by atoms with E-state index >= 15 is 0 Å². The molecule has 2 N–H and O–H groups in total. The maximum Gasteiger partial charge on any atom is 0.161 e. The fourth-order valence-electron chi connectivity index (χ4n) is 5.21. The van der Waals surface area contributed by atoms with Gasteiger partial charge in [0.1, 0.15) is 11.5 Å². The molecule has 3 aromatic carbocycles. The number of hydrogen-bond acceptors (Lipinski definition) is 6. The van der Waals surface area contributed by atoms with Crippen molar-refractivity contribution in [3.05, 3.63) is 82.9 Å². The minimum absolute atomic E-state index is 0.114. The van der Waals surface area contributed by atoms with E-state index in [-0.39, 0.29) is 12.4 Å². The van der Waals surface area contributed by atoms with E-state index < -0.39 is 5.41 Å². The van der Waals surface area contributed by atoms with Crippen LogP contribution in [0, 0.1) is 0 Å². The van der Waals surface area contributed by atoms with Gasteiger partial charge in [-0.25, -0.2) is 0 Å². The number of phenolic OH excluding ortho intramolecular Hbond substituents is 1. The van der Waals surface area contributed by atoms with Crippen molar-refractivity contribution >= 4 is 0 Å². The average Bonchev–Trinajstić information content (AvgIpc) is 2.91. The number of aromatic hydroxyl groups is 1. The van der Waals surface area contributed by atoms with Gasteiger partial charge in [-0.3, -0.25) is 4.90 Å². The molecule has 1 aliphatic rings. The zero-order valence-corrected chi connectivity index (χ0v) is 20.8. The van der Waals surface area contributed by atoms with Crippen LogP contribution in [-0.4, -0.2) is 56.1 Å². The molecule has 0 spiro atoms. The van der Waals surface area contributed by atoms with Gasteiger partial charge in [0.05, 0.1) is 27.9 Å². The normalized spacial score (nSPS) is 15.2. The average molecular weight is 478 g/mol. The molecule has 0 saturated heterocycles. The molecule has 35 heavy (non-hydrogen) atoms. The Balaban J connectivity index is 1.55. The molecular formula is C29H35NO5. The summed E-state index contributed by atoms with van der Waals surface area (Å²) in [6.45, 7) is 2.58. The fraction of sp³-hybridized carbons (Fsp3) is 0.379. The van der Waals surface area contributed by atoms with Crippen LogP contribution in [0.2, 0.25) is 0 Å². The number of aliphatic hydroxyl groups excluding tert-OH is 1. The van der Waals surface area contributed by atoms with E-state index in [1.165, 1.54) is 11.1 Å². The fourth-order valence-corrected chi connectivity index (χ4v) is 5.21. The standard InChI is InChI=1S/C29H35NO5/c1-33-24-10-11-26(32)25(18-24)29(20-31,23-8-5-4-6-9-23)13-7-14-30-15-12-21-16-27(34-2)28(35-3)17-22(21)19-30/h4-6,8-11,16-18,31-32H,7,12-15,19-20H2,1-3H3. The summed E-state index contributed by atoms with van der Waals surface area (Å²) in [5.74, 6) is 2.35. The van der Waals surface area contributed by atoms with E-state index in [1.54, 1.807) is 33.5 Å². The van der Waals surface area contributed by atoms with Gasteiger partial charge in [-0.1, -0.05) is 30.3 Å². The SMILES string of the molecule is COc1ccc(O)c(C(CO)(CCCN2CCc3cc(OC)c(OC)cc3C2)c2ccccc2)c1. The summed E-state index contributed by atoms with van der Waals surface area (Å²) in [5, 5.41) is 21.6. The molecule has 6 heteroatoms. The Bertz CT molecular complexity index is 1130. The third-order valence-electron chi connectivity index (χ3n) is 7.19. The van der Waals surface area contributed by atoms with Crippen LogP contribution in [0.1, 0.15) is 35.1 Å². The summed E-state index contributed by atoms with van der Waals surface area (Å²) in [6.07, 6.45) is 2.49. The largest absolute Gasteiger partial charge is 0.508 e. The van der Waals surface area contributed by atoms with Gasteiger partial charge in [0, 0.05) is 24.1 Å². The number of fused-ring (bicyclic) bond motifs is 1. The van der Waals surface area contributed by atoms with Gasteiger partial charge in [0.25, 0.3) is 0 Å². The Kier molecular flexibility index (Phi) is 7.83. The van der Waals surface area contributed by atoms with Crippen molar-refractivity contribution in [3.8, 4) is 23.0 Å². The highest BCUT2D eigenvalue weighted by atomic mass is 16.5. The second kappa shape index (κ2) is 11.0. The number of methoxy groups -OCH3 is 3. The highest BCUT2D eigenvalue weighted by Crippen LogP contribution is 2.42. The number of aliphatic hydroxyl groups is 1. The summed E-state index contributed by atoms with van der Waals surface area (Å²) >= 11 is 0. The van der Waals surface area contributed by atoms with Crippen LogP contribution >= 0.6 is 0 Å². The number of phenols is 1. The van der Waals surface area contributed by atoms with Gasteiger partial charge < -0.3 is 24.4 Å². The number of benzene rings is 3. The molecule has 0 saturated carbocycles. The molecule has 186 valence electrons. The minimum Gasteiger partial charge on any atom is -0.508 e. The molecule has 0 amide bonds. The van der Waals surface area contributed by atoms with Crippen molar-refractivity contribution in [2.75, 3.05) is 41.0 Å². The van der Waals surface area contributed by atoms with Crippen molar-refractivity contribution < 1.29 is 24.4 Å². The summed E-state index contributed by atoms with van der Waals surface area (Å²) in [5.41, 5.74) is 3.49. The predicted octanol–water partition coefficient (Wildman–Crippen LogP) is 4.53. The molecule has 1 atom stereocenters. The Hall–Kier alpha value is -3.22. The Morgan fingerprint density at radius 2 is 1.60 bits per heavy atom. The molecule has 0 radical (unpaired) electrons. The lowest BCUT2D eigenvalue weighted by molar-refractivity contribution is 0.190. The van der Waals surface area contributed by atoms with Crippen molar-refractivity contribution in [1.82, 2.24) is 4.90 Å². The maximum atomic E-state index is 10.8. The van der Waals surface area contributed by atoms with Gasteiger partial charge in [-0.2, -0.15) is 0 Å². The van der Waals surface area contributed by atoms with Crippen LogP contribution in [0.4, 0.5) is 0 Å². The monoisotopic (exact) mass is 477 g/mol. The molecule has 4 rings (SSSR count). The van der Waals surface area contributed by atoms with Gasteiger partial charge in [-0.15, -0.1) is 0 Å². The Morgan fingerprint density at radius 1 is 0.886 bits per heavy atom. The zero-order valence-electron chi connectivity index (χ0n) is 20.8. The van der Waals surface area contributed by atoms with Crippen molar-refractivity contribution in [2.45, 2.75) is 31.2 Å². The van der Waals surface area contributed by atoms with Crippen LogP contribution in [-0.2, 0) is 18.4 Å². The molecule has 0 aliphatic carbocycles. The van der Waals surface area contributed by atoms with Crippen LogP contribution in [0.5, 0.6) is 23.0 Å². The molecule has 0 bridgehead atoms. The molecule has 1 unspecified atom stereocenters. The summed E-state index contributed by atoms with van der Waals surface area (Å²) in [7, 11) is 4.94. The van der Waals surface area contributed by atoms with Crippen molar-refractivity contribution in [2.24, 2.45) is 0 Å². The molecule has 1 aliphatic heterocycles. The van der Waals surface area contributed by atoms with Crippen LogP contribution in [0.3, 0.4) is 0 Å². The van der Waals surface area contributed by atoms with Gasteiger partial charge in [0.15, 0.2) is 11.5 Å². The summed E-state index contributed by atoms with van der Waals surface area (Å²) in [4.78, 5) is 2.44. The molecular weight excluding hydrogens is 442 g/mol. The first-order chi connectivity index (χ1) is 17.0. The number of ether oxygens (including phenoxy) is 3. The van der Waals surface area contributed by atoms with E-state index in [0.717, 1.165) is 49.5 Å². The Morgan fingerprint density at radius 3 is 2.26 bits per heavy atom. The maximum absolute atomic E-state index is 10.8. The smallest absolute Gasteiger partial charge is 0.161 e. The lowest BCUT2D eigenvalue weighted by Crippen LogP contribution is -2.35. The molecule has 6 nitrogen and oxygen atoms in total. The lowest BCUT2D eigenvalue weighted by atomic mass is 9.71. The van der Waals surface area contributed by atoms with E-state index in [2.05, 4.69) is 17.0 Å². The third kappa shape index (κ3) is 5.09. The first kappa shape index (κ1) is 24.9. The molecule has 3 aromatic rings. The number of nitrogens with zero attached hydrogens (tertiary/aromatic N) is 1. The van der Waals surface area contributed by atoms with Crippen molar-refractivity contribution in [3.63, 3.8) is 0 Å². The summed E-state index contributed by atoms with van der Waals surface area (Å²) in [6, 6.07) is 19.3. The van der Waals surface area contributed by atoms with Gasteiger partial charge >= 0.3 is 0 Å². The van der Waals surface area contributed by atoms with Crippen LogP contribution < -0.4 is 14.2 Å². The molecule has 1 heterocycles. The van der Waals surface area contributed by atoms with E-state index in [0.29, 0.717) is 17.7 Å². The first-order valence-electron chi connectivity index (χ1n) is 12.0. The van der Waals surface area contributed by atoms with Crippen molar-refractivity contribution in [1.29, 1.82) is 0 Å². The minimum atomic E-state index is -0.732. The second-order valence-electron chi connectivity index (χ2n) is 9.09. The van der Waals surface area contributed by atoms with Gasteiger partial charge in [-0.05, 0) is 72.8 Å². The molecule has 0 fully saturated rings. The summed E-state index contributed by atoms with van der Waals surface area (Å²) < 4.78 is 16.4. The topological polar surface area (TPSA) is 71.4 Å².